The summed E-state index contributed by atoms with van der Waals surface area (Å²) >= 11 is 0. The van der Waals surface area contributed by atoms with Crippen LogP contribution in [0.25, 0.3) is 0 Å². The summed E-state index contributed by atoms with van der Waals surface area (Å²) in [5.41, 5.74) is 1.57. The first-order valence-corrected chi connectivity index (χ1v) is 10.1. The van der Waals surface area contributed by atoms with Crippen molar-refractivity contribution in [1.82, 2.24) is 5.32 Å². The Morgan fingerprint density at radius 1 is 0.929 bits per heavy atom. The van der Waals surface area contributed by atoms with Gasteiger partial charge in [-0.3, -0.25) is 9.59 Å². The van der Waals surface area contributed by atoms with Crippen LogP contribution in [0.3, 0.4) is 0 Å². The number of hydrogen-bond acceptors (Lipinski definition) is 3. The molecule has 0 aliphatic heterocycles. The summed E-state index contributed by atoms with van der Waals surface area (Å²) in [6.45, 7) is 2.42. The molecule has 2 N–H and O–H groups in total. The fourth-order valence-corrected chi connectivity index (χ4v) is 3.54. The third-order valence-corrected chi connectivity index (χ3v) is 5.01. The van der Waals surface area contributed by atoms with Crippen LogP contribution in [0.15, 0.2) is 48.5 Å². The van der Waals surface area contributed by atoms with Gasteiger partial charge in [-0.25, -0.2) is 0 Å². The molecule has 2 aromatic rings. The highest BCUT2D eigenvalue weighted by atomic mass is 16.5. The minimum atomic E-state index is -0.267. The minimum Gasteiger partial charge on any atom is -0.492 e. The van der Waals surface area contributed by atoms with E-state index in [0.717, 1.165) is 25.7 Å². The molecule has 0 atom stereocenters. The average molecular weight is 380 g/mol. The molecule has 2 amide bonds. The van der Waals surface area contributed by atoms with Crippen LogP contribution < -0.4 is 15.4 Å². The van der Waals surface area contributed by atoms with Crippen LogP contribution in [-0.4, -0.2) is 24.5 Å². The molecule has 2 aromatic carbocycles. The molecule has 0 unspecified atom stereocenters. The Labute approximate surface area is 166 Å². The molecule has 5 heteroatoms. The number of ether oxygens (including phenoxy) is 1. The second-order valence-corrected chi connectivity index (χ2v) is 7.13. The van der Waals surface area contributed by atoms with Crippen molar-refractivity contribution in [3.8, 4) is 5.75 Å². The Balaban J connectivity index is 1.68. The highest BCUT2D eigenvalue weighted by Gasteiger charge is 2.17. The topological polar surface area (TPSA) is 67.4 Å². The van der Waals surface area contributed by atoms with Crippen LogP contribution >= 0.6 is 0 Å². The predicted molar refractivity (Wildman–Crippen MR) is 111 cm³/mol. The maximum atomic E-state index is 12.7. The summed E-state index contributed by atoms with van der Waals surface area (Å²) in [6.07, 6.45) is 6.86. The number of rotatable bonds is 6. The van der Waals surface area contributed by atoms with E-state index in [2.05, 4.69) is 10.6 Å². The van der Waals surface area contributed by atoms with Gasteiger partial charge in [-0.05, 0) is 50.1 Å². The number of para-hydroxylation sites is 2. The maximum Gasteiger partial charge on any atom is 0.255 e. The second-order valence-electron chi connectivity index (χ2n) is 7.13. The quantitative estimate of drug-likeness (QED) is 0.708. The lowest BCUT2D eigenvalue weighted by Gasteiger charge is -2.16. The SMILES string of the molecule is CCOc1ccccc1NC(=O)c1cccc(C(=O)NC2CCCCCC2)c1. The molecule has 0 heterocycles. The molecule has 1 aliphatic carbocycles. The van der Waals surface area contributed by atoms with Crippen LogP contribution in [0.2, 0.25) is 0 Å². The van der Waals surface area contributed by atoms with Crippen LogP contribution in [0.5, 0.6) is 5.75 Å². The van der Waals surface area contributed by atoms with Crippen molar-refractivity contribution in [3.63, 3.8) is 0 Å². The lowest BCUT2D eigenvalue weighted by molar-refractivity contribution is 0.0933. The molecule has 0 bridgehead atoms. The normalized spacial score (nSPS) is 14.8. The number of carbonyl (C=O) groups excluding carboxylic acids is 2. The van der Waals surface area contributed by atoms with Gasteiger partial charge in [-0.1, -0.05) is 43.9 Å². The average Bonchev–Trinajstić information content (AvgIpc) is 2.98. The van der Waals surface area contributed by atoms with E-state index >= 15 is 0 Å². The Hall–Kier alpha value is -2.82. The molecule has 0 saturated heterocycles. The van der Waals surface area contributed by atoms with Crippen LogP contribution in [0.4, 0.5) is 5.69 Å². The van der Waals surface area contributed by atoms with Gasteiger partial charge in [0.05, 0.1) is 12.3 Å². The van der Waals surface area contributed by atoms with Gasteiger partial charge < -0.3 is 15.4 Å². The molecule has 0 spiro atoms. The van der Waals surface area contributed by atoms with E-state index in [0.29, 0.717) is 29.2 Å². The van der Waals surface area contributed by atoms with E-state index in [-0.39, 0.29) is 17.9 Å². The number of carbonyl (C=O) groups is 2. The summed E-state index contributed by atoms with van der Waals surface area (Å²) < 4.78 is 5.55. The van der Waals surface area contributed by atoms with E-state index < -0.39 is 0 Å². The van der Waals surface area contributed by atoms with Crippen LogP contribution in [0.1, 0.15) is 66.2 Å². The van der Waals surface area contributed by atoms with Crippen molar-refractivity contribution >= 4 is 17.5 Å². The van der Waals surface area contributed by atoms with Gasteiger partial charge in [-0.2, -0.15) is 0 Å². The molecule has 0 radical (unpaired) electrons. The molecular formula is C23H28N2O3. The second kappa shape index (κ2) is 9.93. The van der Waals surface area contributed by atoms with Crippen LogP contribution in [-0.2, 0) is 0 Å². The monoisotopic (exact) mass is 380 g/mol. The summed E-state index contributed by atoms with van der Waals surface area (Å²) in [6, 6.07) is 14.4. The molecule has 5 nitrogen and oxygen atoms in total. The number of amides is 2. The first-order chi connectivity index (χ1) is 13.7. The lowest BCUT2D eigenvalue weighted by Crippen LogP contribution is -2.34. The summed E-state index contributed by atoms with van der Waals surface area (Å²) in [5, 5.41) is 6.00. The Morgan fingerprint density at radius 2 is 1.61 bits per heavy atom. The zero-order valence-corrected chi connectivity index (χ0v) is 16.4. The fraction of sp³-hybridized carbons (Fsp3) is 0.391. The number of nitrogens with one attached hydrogen (secondary N) is 2. The van der Waals surface area contributed by atoms with Crippen molar-refractivity contribution in [1.29, 1.82) is 0 Å². The van der Waals surface area contributed by atoms with E-state index in [9.17, 15) is 9.59 Å². The third-order valence-electron chi connectivity index (χ3n) is 5.01. The largest absolute Gasteiger partial charge is 0.492 e. The molecule has 0 aromatic heterocycles. The van der Waals surface area contributed by atoms with Crippen molar-refractivity contribution in [2.75, 3.05) is 11.9 Å². The zero-order valence-electron chi connectivity index (χ0n) is 16.4. The molecule has 148 valence electrons. The maximum absolute atomic E-state index is 12.7. The molecule has 1 fully saturated rings. The van der Waals surface area contributed by atoms with Gasteiger partial charge in [-0.15, -0.1) is 0 Å². The van der Waals surface area contributed by atoms with Crippen molar-refractivity contribution in [3.05, 3.63) is 59.7 Å². The molecule has 28 heavy (non-hydrogen) atoms. The van der Waals surface area contributed by atoms with Crippen molar-refractivity contribution in [2.45, 2.75) is 51.5 Å². The molecular weight excluding hydrogens is 352 g/mol. The summed E-state index contributed by atoms with van der Waals surface area (Å²) in [7, 11) is 0. The molecule has 1 saturated carbocycles. The standard InChI is InChI=1S/C23H28N2O3/c1-2-28-21-15-8-7-14-20(21)25-23(27)18-11-9-10-17(16-18)22(26)24-19-12-5-3-4-6-13-19/h7-11,14-16,19H,2-6,12-13H2,1H3,(H,24,26)(H,25,27). The van der Waals surface area contributed by atoms with Gasteiger partial charge in [0.15, 0.2) is 0 Å². The van der Waals surface area contributed by atoms with Gasteiger partial charge in [0.25, 0.3) is 11.8 Å². The number of benzene rings is 2. The van der Waals surface area contributed by atoms with Gasteiger partial charge in [0.1, 0.15) is 5.75 Å². The highest BCUT2D eigenvalue weighted by Crippen LogP contribution is 2.24. The smallest absolute Gasteiger partial charge is 0.255 e. The van der Waals surface area contributed by atoms with Gasteiger partial charge >= 0.3 is 0 Å². The highest BCUT2D eigenvalue weighted by molar-refractivity contribution is 6.06. The minimum absolute atomic E-state index is 0.115. The zero-order chi connectivity index (χ0) is 19.8. The number of hydrogen-bond donors (Lipinski definition) is 2. The molecule has 3 rings (SSSR count). The Bertz CT molecular complexity index is 811. The van der Waals surface area contributed by atoms with E-state index in [1.807, 2.05) is 25.1 Å². The lowest BCUT2D eigenvalue weighted by atomic mass is 10.1. The summed E-state index contributed by atoms with van der Waals surface area (Å²) in [4.78, 5) is 25.3. The fourth-order valence-electron chi connectivity index (χ4n) is 3.54. The Kier molecular flexibility index (Phi) is 7.06. The van der Waals surface area contributed by atoms with E-state index in [1.165, 1.54) is 12.8 Å². The number of anilines is 1. The van der Waals surface area contributed by atoms with E-state index in [1.54, 1.807) is 30.3 Å². The first-order valence-electron chi connectivity index (χ1n) is 10.1. The van der Waals surface area contributed by atoms with Crippen molar-refractivity contribution < 1.29 is 14.3 Å². The Morgan fingerprint density at radius 3 is 2.32 bits per heavy atom. The molecule has 1 aliphatic rings. The summed E-state index contributed by atoms with van der Waals surface area (Å²) in [5.74, 6) is 0.244. The van der Waals surface area contributed by atoms with E-state index in [4.69, 9.17) is 4.74 Å². The third kappa shape index (κ3) is 5.35. The predicted octanol–water partition coefficient (Wildman–Crippen LogP) is 4.79. The van der Waals surface area contributed by atoms with Crippen molar-refractivity contribution in [2.24, 2.45) is 0 Å². The van der Waals surface area contributed by atoms with Crippen LogP contribution in [0, 0.1) is 0 Å². The van der Waals surface area contributed by atoms with Gasteiger partial charge in [0.2, 0.25) is 0 Å². The van der Waals surface area contributed by atoms with Gasteiger partial charge in [0, 0.05) is 17.2 Å². The first kappa shape index (κ1) is 19.9.